The fourth-order valence-electron chi connectivity index (χ4n) is 1.21. The second-order valence-electron chi connectivity index (χ2n) is 3.47. The summed E-state index contributed by atoms with van der Waals surface area (Å²) in [6.07, 6.45) is 1.68. The predicted molar refractivity (Wildman–Crippen MR) is 72.6 cm³/mol. The van der Waals surface area contributed by atoms with E-state index in [4.69, 9.17) is 25.0 Å². The van der Waals surface area contributed by atoms with Crippen LogP contribution in [0, 0.1) is 0 Å². The van der Waals surface area contributed by atoms with Gasteiger partial charge in [-0.2, -0.15) is 0 Å². The van der Waals surface area contributed by atoms with E-state index in [1.807, 2.05) is 36.4 Å². The number of para-hydroxylation sites is 1. The minimum Gasteiger partial charge on any atom is -0.384 e. The lowest BCUT2D eigenvalue weighted by atomic mass is 10.3. The maximum Gasteiger partial charge on any atom is 0.466 e. The van der Waals surface area contributed by atoms with Gasteiger partial charge < -0.3 is 25.7 Å². The minimum atomic E-state index is -4.64. The molecule has 6 N–H and O–H groups in total. The van der Waals surface area contributed by atoms with E-state index in [9.17, 15) is 0 Å². The lowest BCUT2D eigenvalue weighted by Gasteiger charge is -2.05. The summed E-state index contributed by atoms with van der Waals surface area (Å²) in [5.41, 5.74) is 7.55. The third-order valence-corrected chi connectivity index (χ3v) is 1.84. The summed E-state index contributed by atoms with van der Waals surface area (Å²) in [4.78, 5) is 25.5. The van der Waals surface area contributed by atoms with Gasteiger partial charge in [0.05, 0.1) is 0 Å². The highest BCUT2D eigenvalue weighted by Crippen LogP contribution is 2.25. The Kier molecular flexibility index (Phi) is 5.47. The van der Waals surface area contributed by atoms with Crippen molar-refractivity contribution in [1.29, 1.82) is 0 Å². The average molecular weight is 283 g/mol. The highest BCUT2D eigenvalue weighted by Gasteiger charge is 2.00. The Morgan fingerprint density at radius 1 is 1.05 bits per heavy atom. The van der Waals surface area contributed by atoms with Gasteiger partial charge in [0.15, 0.2) is 0 Å². The van der Waals surface area contributed by atoms with Gasteiger partial charge in [0.1, 0.15) is 5.82 Å². The molecule has 0 fully saturated rings. The number of nitrogen functional groups attached to an aromatic ring is 1. The third-order valence-electron chi connectivity index (χ3n) is 1.84. The fraction of sp³-hybridized carbons (Fsp3) is 0. The number of aromatic nitrogens is 1. The average Bonchev–Trinajstić information content (AvgIpc) is 2.28. The van der Waals surface area contributed by atoms with Gasteiger partial charge in [0.2, 0.25) is 0 Å². The zero-order valence-electron chi connectivity index (χ0n) is 9.84. The van der Waals surface area contributed by atoms with Crippen LogP contribution in [0.2, 0.25) is 0 Å². The molecule has 0 aliphatic carbocycles. The Morgan fingerprint density at radius 2 is 1.63 bits per heavy atom. The number of nitrogens with one attached hydrogen (secondary N) is 1. The van der Waals surface area contributed by atoms with Crippen molar-refractivity contribution < 1.29 is 19.2 Å². The first-order chi connectivity index (χ1) is 8.84. The molecule has 102 valence electrons. The Bertz CT molecular complexity index is 551. The second-order valence-corrected chi connectivity index (χ2v) is 4.50. The largest absolute Gasteiger partial charge is 0.466 e. The minimum absolute atomic E-state index is 0.519. The quantitative estimate of drug-likeness (QED) is 0.528. The zero-order valence-corrected chi connectivity index (χ0v) is 10.7. The topological polar surface area (TPSA) is 129 Å². The Morgan fingerprint density at radius 3 is 2.16 bits per heavy atom. The van der Waals surface area contributed by atoms with Crippen LogP contribution in [0.15, 0.2) is 48.7 Å². The maximum atomic E-state index is 8.88. The van der Waals surface area contributed by atoms with Crippen molar-refractivity contribution in [3.8, 4) is 0 Å². The summed E-state index contributed by atoms with van der Waals surface area (Å²) in [5, 5.41) is 3.22. The number of hydrogen-bond donors (Lipinski definition) is 5. The van der Waals surface area contributed by atoms with Gasteiger partial charge in [0.25, 0.3) is 0 Å². The molecule has 0 spiro atoms. The predicted octanol–water partition coefficient (Wildman–Crippen LogP) is 1.48. The van der Waals surface area contributed by atoms with Gasteiger partial charge in [-0.25, -0.2) is 9.55 Å². The van der Waals surface area contributed by atoms with Gasteiger partial charge in [-0.3, -0.25) is 0 Å². The Labute approximate surface area is 110 Å². The molecule has 7 nitrogen and oxygen atoms in total. The van der Waals surface area contributed by atoms with Crippen molar-refractivity contribution in [2.45, 2.75) is 0 Å². The highest BCUT2D eigenvalue weighted by atomic mass is 31.2. The van der Waals surface area contributed by atoms with E-state index in [0.717, 1.165) is 11.4 Å². The Hall–Kier alpha value is -1.92. The summed E-state index contributed by atoms with van der Waals surface area (Å²) in [7, 11) is -4.64. The van der Waals surface area contributed by atoms with Gasteiger partial charge in [-0.05, 0) is 18.2 Å². The number of hydrogen-bond acceptors (Lipinski definition) is 4. The lowest BCUT2D eigenvalue weighted by Crippen LogP contribution is -1.93. The van der Waals surface area contributed by atoms with Crippen molar-refractivity contribution in [1.82, 2.24) is 4.98 Å². The molecule has 0 aliphatic heterocycles. The molecular formula is C11H14N3O4P. The van der Waals surface area contributed by atoms with Gasteiger partial charge >= 0.3 is 7.82 Å². The van der Waals surface area contributed by atoms with Crippen molar-refractivity contribution >= 4 is 25.0 Å². The van der Waals surface area contributed by atoms with Gasteiger partial charge in [0, 0.05) is 23.6 Å². The lowest BCUT2D eigenvalue weighted by molar-refractivity contribution is 0.275. The molecule has 0 bridgehead atoms. The molecule has 2 aromatic rings. The van der Waals surface area contributed by atoms with Crippen LogP contribution in [0.4, 0.5) is 17.2 Å². The van der Waals surface area contributed by atoms with E-state index in [2.05, 4.69) is 10.3 Å². The summed E-state index contributed by atoms with van der Waals surface area (Å²) >= 11 is 0. The summed E-state index contributed by atoms with van der Waals surface area (Å²) < 4.78 is 8.88. The van der Waals surface area contributed by atoms with Crippen molar-refractivity contribution in [3.05, 3.63) is 48.7 Å². The van der Waals surface area contributed by atoms with Crippen molar-refractivity contribution in [2.75, 3.05) is 11.1 Å². The van der Waals surface area contributed by atoms with E-state index in [0.29, 0.717) is 5.82 Å². The number of nitrogens with zero attached hydrogens (tertiary/aromatic N) is 1. The molecule has 0 aliphatic rings. The number of anilines is 3. The molecule has 0 saturated carbocycles. The SMILES string of the molecule is Nc1cc(Nc2ccccc2)ccn1.O=P(O)(O)O. The molecule has 1 aromatic heterocycles. The first-order valence-electron chi connectivity index (χ1n) is 5.16. The molecule has 1 heterocycles. The second kappa shape index (κ2) is 6.86. The monoisotopic (exact) mass is 283 g/mol. The highest BCUT2D eigenvalue weighted by molar-refractivity contribution is 7.45. The summed E-state index contributed by atoms with van der Waals surface area (Å²) in [5.74, 6) is 0.519. The molecule has 0 amide bonds. The van der Waals surface area contributed by atoms with Crippen molar-refractivity contribution in [2.24, 2.45) is 0 Å². The molecule has 0 radical (unpaired) electrons. The summed E-state index contributed by atoms with van der Waals surface area (Å²) in [6, 6.07) is 13.6. The fourth-order valence-corrected chi connectivity index (χ4v) is 1.21. The maximum absolute atomic E-state index is 8.88. The molecule has 0 atom stereocenters. The van der Waals surface area contributed by atoms with E-state index in [1.54, 1.807) is 12.3 Å². The number of rotatable bonds is 2. The van der Waals surface area contributed by atoms with E-state index >= 15 is 0 Å². The van der Waals surface area contributed by atoms with E-state index < -0.39 is 7.82 Å². The molecule has 19 heavy (non-hydrogen) atoms. The number of phosphoric acid groups is 1. The van der Waals surface area contributed by atoms with Crippen LogP contribution in [-0.2, 0) is 4.57 Å². The van der Waals surface area contributed by atoms with Crippen LogP contribution in [0.5, 0.6) is 0 Å². The van der Waals surface area contributed by atoms with Crippen LogP contribution in [0.3, 0.4) is 0 Å². The molecule has 0 saturated heterocycles. The Balaban J connectivity index is 0.000000312. The zero-order chi connectivity index (χ0) is 14.3. The van der Waals surface area contributed by atoms with E-state index in [-0.39, 0.29) is 0 Å². The molecule has 2 rings (SSSR count). The molecular weight excluding hydrogens is 269 g/mol. The smallest absolute Gasteiger partial charge is 0.384 e. The molecule has 1 aromatic carbocycles. The first kappa shape index (κ1) is 15.1. The molecule has 0 unspecified atom stereocenters. The van der Waals surface area contributed by atoms with Crippen LogP contribution in [0.1, 0.15) is 0 Å². The molecule has 8 heteroatoms. The number of benzene rings is 1. The van der Waals surface area contributed by atoms with E-state index in [1.165, 1.54) is 0 Å². The van der Waals surface area contributed by atoms with Gasteiger partial charge in [-0.15, -0.1) is 0 Å². The van der Waals surface area contributed by atoms with Crippen LogP contribution >= 0.6 is 7.82 Å². The summed E-state index contributed by atoms with van der Waals surface area (Å²) in [6.45, 7) is 0. The normalized spacial score (nSPS) is 10.3. The third kappa shape index (κ3) is 7.91. The van der Waals surface area contributed by atoms with Crippen LogP contribution < -0.4 is 11.1 Å². The van der Waals surface area contributed by atoms with Crippen molar-refractivity contribution in [3.63, 3.8) is 0 Å². The van der Waals surface area contributed by atoms with Crippen LogP contribution in [0.25, 0.3) is 0 Å². The standard InChI is InChI=1S/C11H11N3.H3O4P/c12-11-8-10(6-7-13-11)14-9-4-2-1-3-5-9;1-5(2,3)4/h1-8H,(H3,12,13,14);(H3,1,2,3,4). The number of pyridine rings is 1. The first-order valence-corrected chi connectivity index (χ1v) is 6.73. The van der Waals surface area contributed by atoms with Crippen LogP contribution in [-0.4, -0.2) is 19.7 Å². The number of nitrogens with two attached hydrogens (primary N) is 1. The van der Waals surface area contributed by atoms with Gasteiger partial charge in [-0.1, -0.05) is 18.2 Å².